The molecular weight excluding hydrogens is 194 g/mol. The molecule has 1 unspecified atom stereocenters. The number of ether oxygens (including phenoxy) is 2. The summed E-state index contributed by atoms with van der Waals surface area (Å²) in [5.41, 5.74) is 1.50. The Morgan fingerprint density at radius 3 is 3.00 bits per heavy atom. The Hall–Kier alpha value is -1.71. The zero-order chi connectivity index (χ0) is 10.8. The van der Waals surface area contributed by atoms with Gasteiger partial charge in [0, 0.05) is 17.5 Å². The van der Waals surface area contributed by atoms with E-state index in [1.807, 2.05) is 19.1 Å². The average molecular weight is 207 g/mol. The largest absolute Gasteiger partial charge is 0.497 e. The zero-order valence-electron chi connectivity index (χ0n) is 8.73. The fourth-order valence-electron chi connectivity index (χ4n) is 1.67. The lowest BCUT2D eigenvalue weighted by molar-refractivity contribution is 0.267. The standard InChI is InChI=1S/C11H13NO3/c1-7-6-15-10-5-8(14-2)3-4-9(10)11(7)12-13/h3-5,7,13H,6H2,1-2H3/b12-11+. The summed E-state index contributed by atoms with van der Waals surface area (Å²) in [6.45, 7) is 2.49. The lowest BCUT2D eigenvalue weighted by Gasteiger charge is -2.23. The summed E-state index contributed by atoms with van der Waals surface area (Å²) >= 11 is 0. The molecule has 1 aromatic carbocycles. The van der Waals surface area contributed by atoms with Gasteiger partial charge in [0.15, 0.2) is 0 Å². The molecule has 4 nitrogen and oxygen atoms in total. The number of hydrogen-bond donors (Lipinski definition) is 1. The van der Waals surface area contributed by atoms with Crippen molar-refractivity contribution in [3.8, 4) is 11.5 Å². The van der Waals surface area contributed by atoms with Gasteiger partial charge in [-0.25, -0.2) is 0 Å². The molecule has 0 saturated carbocycles. The third kappa shape index (κ3) is 1.63. The molecule has 1 heterocycles. The van der Waals surface area contributed by atoms with E-state index in [1.165, 1.54) is 0 Å². The number of methoxy groups -OCH3 is 1. The predicted octanol–water partition coefficient (Wildman–Crippen LogP) is 1.90. The van der Waals surface area contributed by atoms with E-state index in [0.717, 1.165) is 11.3 Å². The van der Waals surface area contributed by atoms with Crippen molar-refractivity contribution in [1.29, 1.82) is 0 Å². The van der Waals surface area contributed by atoms with Gasteiger partial charge in [-0.3, -0.25) is 0 Å². The van der Waals surface area contributed by atoms with Crippen molar-refractivity contribution in [2.24, 2.45) is 11.1 Å². The predicted molar refractivity (Wildman–Crippen MR) is 56.0 cm³/mol. The van der Waals surface area contributed by atoms with E-state index in [0.29, 0.717) is 18.1 Å². The van der Waals surface area contributed by atoms with Crippen molar-refractivity contribution in [1.82, 2.24) is 0 Å². The van der Waals surface area contributed by atoms with E-state index >= 15 is 0 Å². The molecule has 0 spiro atoms. The van der Waals surface area contributed by atoms with Gasteiger partial charge in [0.05, 0.1) is 19.4 Å². The number of benzene rings is 1. The second-order valence-electron chi connectivity index (χ2n) is 3.56. The highest BCUT2D eigenvalue weighted by molar-refractivity contribution is 6.04. The highest BCUT2D eigenvalue weighted by atomic mass is 16.5. The van der Waals surface area contributed by atoms with Gasteiger partial charge in [-0.15, -0.1) is 0 Å². The summed E-state index contributed by atoms with van der Waals surface area (Å²) in [5.74, 6) is 1.55. The van der Waals surface area contributed by atoms with Gasteiger partial charge in [-0.1, -0.05) is 12.1 Å². The summed E-state index contributed by atoms with van der Waals surface area (Å²) < 4.78 is 10.6. The van der Waals surface area contributed by atoms with Crippen LogP contribution in [-0.2, 0) is 0 Å². The number of oxime groups is 1. The molecule has 1 aromatic rings. The van der Waals surface area contributed by atoms with Gasteiger partial charge in [0.2, 0.25) is 0 Å². The van der Waals surface area contributed by atoms with Gasteiger partial charge in [-0.05, 0) is 12.1 Å². The number of nitrogens with zero attached hydrogens (tertiary/aromatic N) is 1. The van der Waals surface area contributed by atoms with Crippen LogP contribution in [0.3, 0.4) is 0 Å². The Balaban J connectivity index is 2.47. The second-order valence-corrected chi connectivity index (χ2v) is 3.56. The molecule has 0 fully saturated rings. The Morgan fingerprint density at radius 2 is 2.33 bits per heavy atom. The van der Waals surface area contributed by atoms with Crippen LogP contribution in [0.5, 0.6) is 11.5 Å². The maximum atomic E-state index is 8.94. The Bertz CT molecular complexity index is 401. The molecule has 4 heteroatoms. The lowest BCUT2D eigenvalue weighted by Crippen LogP contribution is -2.26. The summed E-state index contributed by atoms with van der Waals surface area (Å²) in [4.78, 5) is 0. The molecule has 0 amide bonds. The summed E-state index contributed by atoms with van der Waals surface area (Å²) in [7, 11) is 1.61. The third-order valence-corrected chi connectivity index (χ3v) is 2.53. The van der Waals surface area contributed by atoms with Gasteiger partial charge in [0.25, 0.3) is 0 Å². The monoisotopic (exact) mass is 207 g/mol. The van der Waals surface area contributed by atoms with E-state index in [4.69, 9.17) is 14.7 Å². The number of hydrogen-bond acceptors (Lipinski definition) is 4. The highest BCUT2D eigenvalue weighted by Gasteiger charge is 2.24. The maximum Gasteiger partial charge on any atom is 0.132 e. The SMILES string of the molecule is COc1ccc2c(c1)OCC(C)/C2=N\O. The minimum Gasteiger partial charge on any atom is -0.497 e. The van der Waals surface area contributed by atoms with Gasteiger partial charge < -0.3 is 14.7 Å². The smallest absolute Gasteiger partial charge is 0.132 e. The summed E-state index contributed by atoms with van der Waals surface area (Å²) in [6, 6.07) is 5.47. The van der Waals surface area contributed by atoms with Gasteiger partial charge in [-0.2, -0.15) is 0 Å². The van der Waals surface area contributed by atoms with Crippen molar-refractivity contribution in [3.63, 3.8) is 0 Å². The first kappa shape index (κ1) is 9.83. The van der Waals surface area contributed by atoms with Crippen molar-refractivity contribution >= 4 is 5.71 Å². The molecular formula is C11H13NO3. The van der Waals surface area contributed by atoms with Crippen molar-refractivity contribution in [3.05, 3.63) is 23.8 Å². The van der Waals surface area contributed by atoms with E-state index in [9.17, 15) is 0 Å². The van der Waals surface area contributed by atoms with Crippen molar-refractivity contribution < 1.29 is 14.7 Å². The molecule has 1 aliphatic rings. The maximum absolute atomic E-state index is 8.94. The second kappa shape index (κ2) is 3.81. The molecule has 2 rings (SSSR count). The van der Waals surface area contributed by atoms with Crippen LogP contribution in [0, 0.1) is 5.92 Å². The minimum atomic E-state index is 0.107. The first-order valence-corrected chi connectivity index (χ1v) is 4.79. The molecule has 80 valence electrons. The van der Waals surface area contributed by atoms with Gasteiger partial charge in [0.1, 0.15) is 11.5 Å². The molecule has 1 atom stereocenters. The average Bonchev–Trinajstić information content (AvgIpc) is 2.28. The molecule has 0 aliphatic carbocycles. The molecule has 0 aromatic heterocycles. The zero-order valence-corrected chi connectivity index (χ0v) is 8.73. The third-order valence-electron chi connectivity index (χ3n) is 2.53. The van der Waals surface area contributed by atoms with Crippen molar-refractivity contribution in [2.45, 2.75) is 6.92 Å². The topological polar surface area (TPSA) is 51.0 Å². The van der Waals surface area contributed by atoms with Crippen molar-refractivity contribution in [2.75, 3.05) is 13.7 Å². The van der Waals surface area contributed by atoms with Crippen LogP contribution in [0.1, 0.15) is 12.5 Å². The summed E-state index contributed by atoms with van der Waals surface area (Å²) in [5, 5.41) is 12.3. The molecule has 0 radical (unpaired) electrons. The van der Waals surface area contributed by atoms with Crippen LogP contribution in [-0.4, -0.2) is 24.6 Å². The fraction of sp³-hybridized carbons (Fsp3) is 0.364. The highest BCUT2D eigenvalue weighted by Crippen LogP contribution is 2.31. The van der Waals surface area contributed by atoms with Gasteiger partial charge >= 0.3 is 0 Å². The fourth-order valence-corrected chi connectivity index (χ4v) is 1.67. The molecule has 15 heavy (non-hydrogen) atoms. The van der Waals surface area contributed by atoms with Crippen LogP contribution in [0.4, 0.5) is 0 Å². The van der Waals surface area contributed by atoms with Crippen LogP contribution < -0.4 is 9.47 Å². The number of rotatable bonds is 1. The Labute approximate surface area is 88.1 Å². The number of fused-ring (bicyclic) bond motifs is 1. The van der Waals surface area contributed by atoms with E-state index in [1.54, 1.807) is 13.2 Å². The van der Waals surface area contributed by atoms with E-state index in [2.05, 4.69) is 5.16 Å². The quantitative estimate of drug-likeness (QED) is 0.565. The molecule has 1 N–H and O–H groups in total. The first-order chi connectivity index (χ1) is 7.26. The first-order valence-electron chi connectivity index (χ1n) is 4.79. The van der Waals surface area contributed by atoms with E-state index < -0.39 is 0 Å². The normalized spacial score (nSPS) is 22.0. The van der Waals surface area contributed by atoms with E-state index in [-0.39, 0.29) is 5.92 Å². The Kier molecular flexibility index (Phi) is 2.49. The van der Waals surface area contributed by atoms with Crippen LogP contribution in [0.15, 0.2) is 23.4 Å². The molecule has 1 aliphatic heterocycles. The summed E-state index contributed by atoms with van der Waals surface area (Å²) in [6.07, 6.45) is 0. The Morgan fingerprint density at radius 1 is 1.53 bits per heavy atom. The molecule has 0 saturated heterocycles. The van der Waals surface area contributed by atoms with Crippen LogP contribution in [0.2, 0.25) is 0 Å². The molecule has 0 bridgehead atoms. The lowest BCUT2D eigenvalue weighted by atomic mass is 9.96. The minimum absolute atomic E-state index is 0.107. The van der Waals surface area contributed by atoms with Crippen LogP contribution in [0.25, 0.3) is 0 Å². The van der Waals surface area contributed by atoms with Crippen LogP contribution >= 0.6 is 0 Å².